The molecule has 0 aliphatic rings. The third-order valence-corrected chi connectivity index (χ3v) is 2.07. The van der Waals surface area contributed by atoms with E-state index in [9.17, 15) is 13.2 Å². The smallest absolute Gasteiger partial charge is 0.327 e. The van der Waals surface area contributed by atoms with Gasteiger partial charge in [-0.25, -0.2) is 0 Å². The Labute approximate surface area is 87.1 Å². The van der Waals surface area contributed by atoms with E-state index in [1.54, 1.807) is 6.07 Å². The number of alkyl halides is 3. The van der Waals surface area contributed by atoms with E-state index in [2.05, 4.69) is 0 Å². The summed E-state index contributed by atoms with van der Waals surface area (Å²) >= 11 is 0. The molecule has 0 bridgehead atoms. The highest BCUT2D eigenvalue weighted by molar-refractivity contribution is 5.22. The lowest BCUT2D eigenvalue weighted by molar-refractivity contribution is -0.138. The van der Waals surface area contributed by atoms with Crippen LogP contribution in [-0.2, 0) is 6.42 Å². The lowest BCUT2D eigenvalue weighted by atomic mass is 10.0. The number of hydrogen-bond acceptors (Lipinski definition) is 1. The van der Waals surface area contributed by atoms with E-state index in [0.29, 0.717) is 0 Å². The van der Waals surface area contributed by atoms with Gasteiger partial charge in [0.15, 0.2) is 0 Å². The molecular formula is C11H14F3N. The second-order valence-electron chi connectivity index (χ2n) is 3.77. The van der Waals surface area contributed by atoms with E-state index in [1.807, 2.05) is 25.1 Å². The molecule has 2 N–H and O–H groups in total. The van der Waals surface area contributed by atoms with Crippen LogP contribution in [0.5, 0.6) is 0 Å². The topological polar surface area (TPSA) is 26.0 Å². The first-order chi connectivity index (χ1) is 6.87. The largest absolute Gasteiger partial charge is 0.390 e. The zero-order valence-corrected chi connectivity index (χ0v) is 8.51. The molecule has 0 spiro atoms. The van der Waals surface area contributed by atoms with Gasteiger partial charge in [0, 0.05) is 6.04 Å². The van der Waals surface area contributed by atoms with E-state index in [-0.39, 0.29) is 6.42 Å². The van der Waals surface area contributed by atoms with Gasteiger partial charge in [0.2, 0.25) is 0 Å². The lowest BCUT2D eigenvalue weighted by Crippen LogP contribution is -2.29. The van der Waals surface area contributed by atoms with Crippen LogP contribution in [0.25, 0.3) is 0 Å². The van der Waals surface area contributed by atoms with Crippen LogP contribution in [0.3, 0.4) is 0 Å². The highest BCUT2D eigenvalue weighted by atomic mass is 19.4. The van der Waals surface area contributed by atoms with Crippen molar-refractivity contribution in [2.45, 2.75) is 32.0 Å². The van der Waals surface area contributed by atoms with E-state index < -0.39 is 18.6 Å². The van der Waals surface area contributed by atoms with E-state index in [4.69, 9.17) is 5.73 Å². The van der Waals surface area contributed by atoms with E-state index in [1.165, 1.54) is 0 Å². The normalized spacial score (nSPS) is 13.9. The maximum absolute atomic E-state index is 12.0. The van der Waals surface area contributed by atoms with Crippen LogP contribution in [0.2, 0.25) is 0 Å². The number of aryl methyl sites for hydroxylation is 1. The van der Waals surface area contributed by atoms with Crippen LogP contribution >= 0.6 is 0 Å². The first-order valence-corrected chi connectivity index (χ1v) is 4.75. The monoisotopic (exact) mass is 217 g/mol. The average Bonchev–Trinajstić information content (AvgIpc) is 1.99. The van der Waals surface area contributed by atoms with Crippen LogP contribution in [0, 0.1) is 6.92 Å². The molecule has 0 saturated heterocycles. The SMILES string of the molecule is Cc1cccc(CC(N)CC(F)(F)F)c1. The second-order valence-corrected chi connectivity index (χ2v) is 3.77. The summed E-state index contributed by atoms with van der Waals surface area (Å²) < 4.78 is 36.0. The van der Waals surface area contributed by atoms with Crippen LogP contribution in [-0.4, -0.2) is 12.2 Å². The summed E-state index contributed by atoms with van der Waals surface area (Å²) in [4.78, 5) is 0. The van der Waals surface area contributed by atoms with Gasteiger partial charge < -0.3 is 5.73 Å². The molecule has 0 radical (unpaired) electrons. The molecule has 1 aromatic carbocycles. The second kappa shape index (κ2) is 4.66. The molecule has 0 fully saturated rings. The Balaban J connectivity index is 2.55. The van der Waals surface area contributed by atoms with Crippen molar-refractivity contribution in [2.24, 2.45) is 5.73 Å². The Bertz CT molecular complexity index is 320. The number of hydrogen-bond donors (Lipinski definition) is 1. The van der Waals surface area contributed by atoms with Crippen molar-refractivity contribution < 1.29 is 13.2 Å². The van der Waals surface area contributed by atoms with E-state index >= 15 is 0 Å². The van der Waals surface area contributed by atoms with Crippen molar-refractivity contribution >= 4 is 0 Å². The third kappa shape index (κ3) is 4.83. The summed E-state index contributed by atoms with van der Waals surface area (Å²) in [6, 6.07) is 6.52. The Kier molecular flexibility index (Phi) is 3.74. The highest BCUT2D eigenvalue weighted by Gasteiger charge is 2.30. The average molecular weight is 217 g/mol. The molecule has 1 nitrogen and oxygen atoms in total. The van der Waals surface area contributed by atoms with Crippen LogP contribution < -0.4 is 5.73 Å². The van der Waals surface area contributed by atoms with Gasteiger partial charge in [0.05, 0.1) is 6.42 Å². The molecule has 1 rings (SSSR count). The molecule has 0 aromatic heterocycles. The molecule has 0 aliphatic heterocycles. The molecule has 4 heteroatoms. The number of benzene rings is 1. The maximum Gasteiger partial charge on any atom is 0.390 e. The van der Waals surface area contributed by atoms with Gasteiger partial charge >= 0.3 is 6.18 Å². The van der Waals surface area contributed by atoms with Crippen LogP contribution in [0.1, 0.15) is 17.5 Å². The first-order valence-electron chi connectivity index (χ1n) is 4.75. The number of halogens is 3. The first kappa shape index (κ1) is 12.0. The Morgan fingerprint density at radius 1 is 1.33 bits per heavy atom. The van der Waals surface area contributed by atoms with Gasteiger partial charge in [0.25, 0.3) is 0 Å². The molecule has 0 amide bonds. The lowest BCUT2D eigenvalue weighted by Gasteiger charge is -2.14. The van der Waals surface area contributed by atoms with Gasteiger partial charge in [-0.3, -0.25) is 0 Å². The van der Waals surface area contributed by atoms with Crippen molar-refractivity contribution in [3.63, 3.8) is 0 Å². The minimum absolute atomic E-state index is 0.265. The standard InChI is InChI=1S/C11H14F3N/c1-8-3-2-4-9(5-8)6-10(15)7-11(12,13)14/h2-5,10H,6-7,15H2,1H3. The van der Waals surface area contributed by atoms with Crippen LogP contribution in [0.15, 0.2) is 24.3 Å². The minimum atomic E-state index is -4.18. The molecule has 0 aliphatic carbocycles. The number of rotatable bonds is 3. The molecule has 0 heterocycles. The Hall–Kier alpha value is -1.03. The fourth-order valence-electron chi connectivity index (χ4n) is 1.51. The predicted octanol–water partition coefficient (Wildman–Crippen LogP) is 2.82. The fourth-order valence-corrected chi connectivity index (χ4v) is 1.51. The third-order valence-electron chi connectivity index (χ3n) is 2.07. The maximum atomic E-state index is 12.0. The summed E-state index contributed by atoms with van der Waals surface area (Å²) in [5.41, 5.74) is 7.31. The summed E-state index contributed by atoms with van der Waals surface area (Å²) in [6.45, 7) is 1.90. The summed E-state index contributed by atoms with van der Waals surface area (Å²) in [5, 5.41) is 0. The summed E-state index contributed by atoms with van der Waals surface area (Å²) in [7, 11) is 0. The number of nitrogens with two attached hydrogens (primary N) is 1. The van der Waals surface area contributed by atoms with Gasteiger partial charge in [-0.15, -0.1) is 0 Å². The Morgan fingerprint density at radius 2 is 2.00 bits per heavy atom. The van der Waals surface area contributed by atoms with Crippen molar-refractivity contribution in [1.82, 2.24) is 0 Å². The zero-order valence-electron chi connectivity index (χ0n) is 8.51. The molecular weight excluding hydrogens is 203 g/mol. The van der Waals surface area contributed by atoms with Gasteiger partial charge in [0.1, 0.15) is 0 Å². The van der Waals surface area contributed by atoms with Crippen molar-refractivity contribution in [2.75, 3.05) is 0 Å². The zero-order chi connectivity index (χ0) is 11.5. The summed E-state index contributed by atoms with van der Waals surface area (Å²) in [6.07, 6.45) is -4.84. The molecule has 1 unspecified atom stereocenters. The molecule has 84 valence electrons. The van der Waals surface area contributed by atoms with Gasteiger partial charge in [-0.2, -0.15) is 13.2 Å². The molecule has 1 aromatic rings. The predicted molar refractivity (Wildman–Crippen MR) is 53.5 cm³/mol. The quantitative estimate of drug-likeness (QED) is 0.827. The Morgan fingerprint density at radius 3 is 2.53 bits per heavy atom. The molecule has 1 atom stereocenters. The highest BCUT2D eigenvalue weighted by Crippen LogP contribution is 2.22. The van der Waals surface area contributed by atoms with Crippen molar-refractivity contribution in [1.29, 1.82) is 0 Å². The van der Waals surface area contributed by atoms with Gasteiger partial charge in [-0.1, -0.05) is 29.8 Å². The van der Waals surface area contributed by atoms with E-state index in [0.717, 1.165) is 11.1 Å². The molecule has 0 saturated carbocycles. The fraction of sp³-hybridized carbons (Fsp3) is 0.455. The van der Waals surface area contributed by atoms with Crippen molar-refractivity contribution in [3.05, 3.63) is 35.4 Å². The van der Waals surface area contributed by atoms with Crippen molar-refractivity contribution in [3.8, 4) is 0 Å². The summed E-state index contributed by atoms with van der Waals surface area (Å²) in [5.74, 6) is 0. The minimum Gasteiger partial charge on any atom is -0.327 e. The molecule has 15 heavy (non-hydrogen) atoms. The van der Waals surface area contributed by atoms with Crippen LogP contribution in [0.4, 0.5) is 13.2 Å². The van der Waals surface area contributed by atoms with Gasteiger partial charge in [-0.05, 0) is 18.9 Å².